The minimum Gasteiger partial charge on any atom is -0.481 e. The van der Waals surface area contributed by atoms with E-state index in [1.54, 1.807) is 0 Å². The normalized spacial score (nSPS) is 22.7. The van der Waals surface area contributed by atoms with Crippen LogP contribution in [0.4, 0.5) is 0 Å². The maximum Gasteiger partial charge on any atom is 0.303 e. The van der Waals surface area contributed by atoms with Crippen LogP contribution in [0.25, 0.3) is 11.1 Å². The Balaban J connectivity index is 1.57. The molecule has 0 spiro atoms. The van der Waals surface area contributed by atoms with Gasteiger partial charge >= 0.3 is 5.97 Å². The smallest absolute Gasteiger partial charge is 0.303 e. The van der Waals surface area contributed by atoms with E-state index in [2.05, 4.69) is 47.7 Å². The minimum atomic E-state index is -3.83. The Hall–Kier alpha value is -2.74. The van der Waals surface area contributed by atoms with Gasteiger partial charge in [0, 0.05) is 17.9 Å². The van der Waals surface area contributed by atoms with Crippen LogP contribution in [-0.2, 0) is 15.0 Å². The highest BCUT2D eigenvalue weighted by Crippen LogP contribution is 2.66. The Morgan fingerprint density at radius 1 is 0.949 bits per heavy atom. The van der Waals surface area contributed by atoms with Crippen LogP contribution in [-0.4, -0.2) is 25.5 Å². The van der Waals surface area contributed by atoms with Crippen molar-refractivity contribution < 1.29 is 18.3 Å². The van der Waals surface area contributed by atoms with Crippen LogP contribution in [0, 0.1) is 11.3 Å². The molecule has 2 aliphatic rings. The van der Waals surface area contributed by atoms with Crippen LogP contribution in [0.1, 0.15) is 88.2 Å². The lowest BCUT2D eigenvalue weighted by molar-refractivity contribution is -0.137. The van der Waals surface area contributed by atoms with Gasteiger partial charge in [-0.15, -0.1) is 0 Å². The van der Waals surface area contributed by atoms with Gasteiger partial charge in [0.25, 0.3) is 10.2 Å². The summed E-state index contributed by atoms with van der Waals surface area (Å²) in [6, 6.07) is 20.6. The highest BCUT2D eigenvalue weighted by molar-refractivity contribution is 7.87. The van der Waals surface area contributed by atoms with E-state index in [1.807, 2.05) is 24.3 Å². The third kappa shape index (κ3) is 7.07. The number of hydrogen-bond acceptors (Lipinski definition) is 3. The molecule has 6 nitrogen and oxygen atoms in total. The first-order valence-electron chi connectivity index (χ1n) is 14.3. The zero-order chi connectivity index (χ0) is 27.9. The van der Waals surface area contributed by atoms with Crippen molar-refractivity contribution in [3.05, 3.63) is 83.9 Å². The maximum absolute atomic E-state index is 12.1. The van der Waals surface area contributed by atoms with Gasteiger partial charge < -0.3 is 5.11 Å². The molecule has 0 saturated heterocycles. The summed E-state index contributed by atoms with van der Waals surface area (Å²) in [5.41, 5.74) is 5.73. The zero-order valence-corrected chi connectivity index (χ0v) is 23.6. The van der Waals surface area contributed by atoms with Gasteiger partial charge in [0.15, 0.2) is 0 Å². The van der Waals surface area contributed by atoms with Crippen LogP contribution in [0.2, 0.25) is 0 Å². The molecular formula is C32H42N2O4S. The summed E-state index contributed by atoms with van der Waals surface area (Å²) in [4.78, 5) is 10.7. The van der Waals surface area contributed by atoms with Gasteiger partial charge in [0.05, 0.1) is 0 Å². The van der Waals surface area contributed by atoms with E-state index in [0.717, 1.165) is 81.8 Å². The maximum atomic E-state index is 12.1. The number of allylic oxidation sites excluding steroid dienone is 3. The number of hydrogen-bond donors (Lipinski definition) is 3. The first kappa shape index (κ1) is 29.2. The summed E-state index contributed by atoms with van der Waals surface area (Å²) < 4.78 is 27.0. The number of carboxylic acids is 1. The van der Waals surface area contributed by atoms with Crippen LogP contribution >= 0.6 is 0 Å². The Morgan fingerprint density at radius 3 is 2.15 bits per heavy atom. The number of rotatable bonds is 15. The summed E-state index contributed by atoms with van der Waals surface area (Å²) in [6.45, 7) is 4.66. The Morgan fingerprint density at radius 2 is 1.54 bits per heavy atom. The Kier molecular flexibility index (Phi) is 9.81. The molecule has 0 heterocycles. The topological polar surface area (TPSA) is 109 Å². The SMILES string of the molecule is C=C(c1ccccc1)[C@@]12CC[C@H](NS(N)(=O)=O)[C@@H]1CC(CCCCCCCCCC(=O)O)=C2c1ccccc1. The van der Waals surface area contributed by atoms with E-state index in [9.17, 15) is 13.2 Å². The second-order valence-electron chi connectivity index (χ2n) is 11.1. The van der Waals surface area contributed by atoms with Crippen LogP contribution in [0.5, 0.6) is 0 Å². The molecule has 2 aromatic carbocycles. The molecule has 0 radical (unpaired) electrons. The standard InChI is InChI=1S/C32H42N2O4S/c1-24(25-15-10-7-11-16-25)32-22-21-29(34-39(33,37)38)28(32)23-27(31(32)26-17-12-8-13-18-26)19-9-5-3-2-4-6-14-20-30(35)36/h7-8,10-13,15-18,28-29,34H,1-6,9,14,19-23H2,(H,35,36)(H2,33,37,38)/t28-,29-,32-/m0/s1. The number of benzene rings is 2. The number of carboxylic acid groups (broad SMARTS) is 1. The molecule has 4 rings (SSSR count). The average Bonchev–Trinajstić information content (AvgIpc) is 3.42. The zero-order valence-electron chi connectivity index (χ0n) is 22.8. The van der Waals surface area contributed by atoms with Crippen molar-refractivity contribution in [3.63, 3.8) is 0 Å². The first-order chi connectivity index (χ1) is 18.7. The van der Waals surface area contributed by atoms with Gasteiger partial charge in [-0.3, -0.25) is 4.79 Å². The van der Waals surface area contributed by atoms with Crippen LogP contribution in [0.15, 0.2) is 72.8 Å². The Labute approximate surface area is 233 Å². The van der Waals surface area contributed by atoms with Crippen molar-refractivity contribution in [2.75, 3.05) is 0 Å². The molecule has 2 aromatic rings. The summed E-state index contributed by atoms with van der Waals surface area (Å²) in [6.07, 6.45) is 10.9. The molecule has 0 amide bonds. The fourth-order valence-corrected chi connectivity index (χ4v) is 7.69. The third-order valence-corrected chi connectivity index (χ3v) is 9.27. The van der Waals surface area contributed by atoms with Crippen molar-refractivity contribution in [1.82, 2.24) is 4.72 Å². The molecule has 1 fully saturated rings. The Bertz CT molecular complexity index is 1270. The number of unbranched alkanes of at least 4 members (excludes halogenated alkanes) is 6. The summed E-state index contributed by atoms with van der Waals surface area (Å²) in [5, 5.41) is 14.3. The van der Waals surface area contributed by atoms with Gasteiger partial charge in [-0.2, -0.15) is 13.1 Å². The molecule has 1 saturated carbocycles. The molecule has 2 aliphatic carbocycles. The quantitative estimate of drug-likeness (QED) is 0.214. The van der Waals surface area contributed by atoms with Crippen molar-refractivity contribution in [1.29, 1.82) is 0 Å². The second-order valence-corrected chi connectivity index (χ2v) is 12.5. The van der Waals surface area contributed by atoms with Gasteiger partial charge in [0.1, 0.15) is 0 Å². The van der Waals surface area contributed by atoms with E-state index in [1.165, 1.54) is 16.7 Å². The van der Waals surface area contributed by atoms with E-state index in [4.69, 9.17) is 10.2 Å². The average molecular weight is 551 g/mol. The number of fused-ring (bicyclic) bond motifs is 1. The van der Waals surface area contributed by atoms with E-state index >= 15 is 0 Å². The van der Waals surface area contributed by atoms with E-state index < -0.39 is 16.2 Å². The highest BCUT2D eigenvalue weighted by atomic mass is 32.2. The van der Waals surface area contributed by atoms with Crippen molar-refractivity contribution in [3.8, 4) is 0 Å². The number of nitrogens with one attached hydrogen (secondary N) is 1. The molecular weight excluding hydrogens is 508 g/mol. The van der Waals surface area contributed by atoms with Crippen molar-refractivity contribution in [2.45, 2.75) is 83.1 Å². The third-order valence-electron chi connectivity index (χ3n) is 8.64. The van der Waals surface area contributed by atoms with Gasteiger partial charge in [-0.1, -0.05) is 105 Å². The number of nitrogens with two attached hydrogens (primary N) is 1. The van der Waals surface area contributed by atoms with E-state index in [0.29, 0.717) is 0 Å². The van der Waals surface area contributed by atoms with Crippen molar-refractivity contribution >= 4 is 27.3 Å². The molecule has 0 aliphatic heterocycles. The highest BCUT2D eigenvalue weighted by Gasteiger charge is 2.57. The molecule has 210 valence electrons. The predicted molar refractivity (Wildman–Crippen MR) is 158 cm³/mol. The predicted octanol–water partition coefficient (Wildman–Crippen LogP) is 6.71. The largest absolute Gasteiger partial charge is 0.481 e. The fourth-order valence-electron chi connectivity index (χ4n) is 6.99. The second kappa shape index (κ2) is 13.1. The lowest BCUT2D eigenvalue weighted by Crippen LogP contribution is -2.43. The molecule has 3 atom stereocenters. The van der Waals surface area contributed by atoms with Crippen LogP contribution < -0.4 is 9.86 Å². The van der Waals surface area contributed by atoms with Gasteiger partial charge in [-0.05, 0) is 66.7 Å². The van der Waals surface area contributed by atoms with Crippen molar-refractivity contribution in [2.24, 2.45) is 16.5 Å². The lowest BCUT2D eigenvalue weighted by atomic mass is 9.66. The van der Waals surface area contributed by atoms with Gasteiger partial charge in [-0.25, -0.2) is 5.14 Å². The molecule has 4 N–H and O–H groups in total. The van der Waals surface area contributed by atoms with E-state index in [-0.39, 0.29) is 23.8 Å². The molecule has 39 heavy (non-hydrogen) atoms. The fraction of sp³-hybridized carbons (Fsp3) is 0.469. The number of aliphatic carboxylic acids is 1. The summed E-state index contributed by atoms with van der Waals surface area (Å²) >= 11 is 0. The molecule has 0 unspecified atom stereocenters. The van der Waals surface area contributed by atoms with Gasteiger partial charge in [0.2, 0.25) is 0 Å². The van der Waals surface area contributed by atoms with Crippen LogP contribution in [0.3, 0.4) is 0 Å². The minimum absolute atomic E-state index is 0.0583. The summed E-state index contributed by atoms with van der Waals surface area (Å²) in [5.74, 6) is -0.656. The first-order valence-corrected chi connectivity index (χ1v) is 15.8. The molecule has 0 aromatic heterocycles. The monoisotopic (exact) mass is 550 g/mol. The molecule has 7 heteroatoms. The molecule has 0 bridgehead atoms. The summed E-state index contributed by atoms with van der Waals surface area (Å²) in [7, 11) is -3.83. The number of carbonyl (C=O) groups is 1. The lowest BCUT2D eigenvalue weighted by Gasteiger charge is -2.37.